The third kappa shape index (κ3) is 3.80. The molecule has 1 aliphatic carbocycles. The van der Waals surface area contributed by atoms with Gasteiger partial charge in [-0.1, -0.05) is 7.43 Å². The van der Waals surface area contributed by atoms with E-state index in [-0.39, 0.29) is 24.8 Å². The number of aromatic amines is 1. The van der Waals surface area contributed by atoms with Crippen LogP contribution < -0.4 is 15.2 Å². The van der Waals surface area contributed by atoms with Crippen LogP contribution in [0.1, 0.15) is 72.3 Å². The van der Waals surface area contributed by atoms with E-state index in [9.17, 15) is 9.59 Å². The van der Waals surface area contributed by atoms with Gasteiger partial charge in [0.1, 0.15) is 11.3 Å². The number of aromatic nitrogens is 4. The molecule has 2 aliphatic heterocycles. The summed E-state index contributed by atoms with van der Waals surface area (Å²) < 4.78 is 12.8. The molecule has 0 spiro atoms. The van der Waals surface area contributed by atoms with Crippen LogP contribution in [-0.4, -0.2) is 52.1 Å². The van der Waals surface area contributed by atoms with Crippen molar-refractivity contribution in [3.8, 4) is 5.88 Å². The maximum Gasteiger partial charge on any atom is 0.274 e. The van der Waals surface area contributed by atoms with E-state index in [0.717, 1.165) is 60.3 Å². The molecule has 1 amide bonds. The second-order valence-electron chi connectivity index (χ2n) is 9.97. The fourth-order valence-corrected chi connectivity index (χ4v) is 5.75. The first-order chi connectivity index (χ1) is 17.6. The summed E-state index contributed by atoms with van der Waals surface area (Å²) in [5.74, 6) is 1.98. The highest BCUT2D eigenvalue weighted by atomic mass is 16.5. The third-order valence-electron chi connectivity index (χ3n) is 7.80. The van der Waals surface area contributed by atoms with E-state index in [1.165, 1.54) is 0 Å². The Morgan fingerprint density at radius 3 is 2.62 bits per heavy atom. The number of carbonyl (C=O) groups is 1. The van der Waals surface area contributed by atoms with Crippen molar-refractivity contribution in [3.05, 3.63) is 63.5 Å². The van der Waals surface area contributed by atoms with Crippen LogP contribution in [0.2, 0.25) is 0 Å². The molecule has 0 radical (unpaired) electrons. The largest absolute Gasteiger partial charge is 0.481 e. The Morgan fingerprint density at radius 2 is 1.86 bits per heavy atom. The number of carbonyl (C=O) groups excluding carboxylic acids is 1. The monoisotopic (exact) mass is 501 g/mol. The zero-order valence-corrected chi connectivity index (χ0v) is 20.1. The van der Waals surface area contributed by atoms with Crippen LogP contribution in [0.5, 0.6) is 5.88 Å². The Morgan fingerprint density at radius 1 is 1.05 bits per heavy atom. The number of benzene rings is 1. The summed E-state index contributed by atoms with van der Waals surface area (Å²) in [5.41, 5.74) is 5.46. The first-order valence-electron chi connectivity index (χ1n) is 12.6. The van der Waals surface area contributed by atoms with Crippen LogP contribution in [0.15, 0.2) is 35.4 Å². The number of hydrogen-bond donors (Lipinski definition) is 1. The van der Waals surface area contributed by atoms with Gasteiger partial charge in [-0.2, -0.15) is 0 Å². The Bertz CT molecular complexity index is 1580. The minimum atomic E-state index is -0.200. The summed E-state index contributed by atoms with van der Waals surface area (Å²) in [5, 5.41) is 0. The van der Waals surface area contributed by atoms with Crippen molar-refractivity contribution in [2.24, 2.45) is 0 Å². The summed E-state index contributed by atoms with van der Waals surface area (Å²) in [4.78, 5) is 40.8. The van der Waals surface area contributed by atoms with Gasteiger partial charge in [0.2, 0.25) is 5.88 Å². The lowest BCUT2D eigenvalue weighted by molar-refractivity contribution is 0.0835. The quantitative estimate of drug-likeness (QED) is 0.450. The van der Waals surface area contributed by atoms with Gasteiger partial charge < -0.3 is 19.4 Å². The fourth-order valence-electron chi connectivity index (χ4n) is 5.75. The summed E-state index contributed by atoms with van der Waals surface area (Å²) in [7, 11) is 1.59. The van der Waals surface area contributed by atoms with Gasteiger partial charge in [-0.25, -0.2) is 9.97 Å². The second kappa shape index (κ2) is 8.99. The van der Waals surface area contributed by atoms with Crippen LogP contribution in [0.25, 0.3) is 16.6 Å². The number of pyridine rings is 1. The number of methoxy groups -OCH3 is 1. The second-order valence-corrected chi connectivity index (χ2v) is 9.97. The van der Waals surface area contributed by atoms with Gasteiger partial charge in [-0.05, 0) is 61.3 Å². The number of anilines is 1. The summed E-state index contributed by atoms with van der Waals surface area (Å²) in [6, 6.07) is 5.88. The first kappa shape index (κ1) is 23.7. The molecule has 1 saturated carbocycles. The van der Waals surface area contributed by atoms with Gasteiger partial charge in [0.05, 0.1) is 36.2 Å². The van der Waals surface area contributed by atoms with Crippen molar-refractivity contribution in [1.82, 2.24) is 19.4 Å². The normalized spacial score (nSPS) is 17.7. The maximum atomic E-state index is 13.9. The molecule has 0 atom stereocenters. The Labute approximate surface area is 214 Å². The van der Waals surface area contributed by atoms with Gasteiger partial charge in [0.25, 0.3) is 11.5 Å². The molecular weight excluding hydrogens is 470 g/mol. The van der Waals surface area contributed by atoms with E-state index in [1.807, 2.05) is 16.5 Å². The first-order valence-corrected chi connectivity index (χ1v) is 12.6. The highest BCUT2D eigenvalue weighted by Gasteiger charge is 2.34. The topological polar surface area (TPSA) is 102 Å². The van der Waals surface area contributed by atoms with Gasteiger partial charge in [0.15, 0.2) is 0 Å². The van der Waals surface area contributed by atoms with Gasteiger partial charge >= 0.3 is 0 Å². The molecule has 1 N–H and O–H groups in total. The van der Waals surface area contributed by atoms with Crippen LogP contribution in [0.4, 0.5) is 5.69 Å². The van der Waals surface area contributed by atoms with E-state index in [4.69, 9.17) is 9.47 Å². The van der Waals surface area contributed by atoms with E-state index in [1.54, 1.807) is 24.4 Å². The molecular formula is C28H31N5O4. The number of H-pyrrole nitrogens is 1. The van der Waals surface area contributed by atoms with Crippen LogP contribution in [0.3, 0.4) is 0 Å². The smallest absolute Gasteiger partial charge is 0.274 e. The predicted octanol–water partition coefficient (Wildman–Crippen LogP) is 4.19. The molecule has 192 valence electrons. The highest BCUT2D eigenvalue weighted by Crippen LogP contribution is 2.44. The highest BCUT2D eigenvalue weighted by molar-refractivity contribution is 6.10. The molecule has 5 heterocycles. The molecule has 37 heavy (non-hydrogen) atoms. The van der Waals surface area contributed by atoms with Crippen molar-refractivity contribution < 1.29 is 14.3 Å². The molecule has 3 aliphatic rings. The predicted molar refractivity (Wildman–Crippen MR) is 141 cm³/mol. The number of nitrogens with zero attached hydrogens (tertiary/aromatic N) is 4. The molecule has 9 nitrogen and oxygen atoms in total. The number of rotatable bonds is 4. The number of imidazole rings is 1. The van der Waals surface area contributed by atoms with Crippen LogP contribution >= 0.6 is 0 Å². The Hall–Kier alpha value is -3.72. The van der Waals surface area contributed by atoms with E-state index < -0.39 is 0 Å². The minimum Gasteiger partial charge on any atom is -0.481 e. The standard InChI is InChI=1S/C27H27N5O4.CH4/c1-35-24-10-17-4-7-31(22(17)13-28-24)27(34)19-11-20-21(12-18(19)15-2-3-15)32-23(26(33)30-20)14-29-25(32)16-5-8-36-9-6-16;/h10-16H,2-9H2,1H3,(H,30,33);1H4. The summed E-state index contributed by atoms with van der Waals surface area (Å²) in [6.45, 7) is 1.99. The number of amides is 1. The lowest BCUT2D eigenvalue weighted by Crippen LogP contribution is -2.30. The zero-order chi connectivity index (χ0) is 24.4. The van der Waals surface area contributed by atoms with Crippen molar-refractivity contribution in [2.45, 2.75) is 51.4 Å². The van der Waals surface area contributed by atoms with E-state index in [0.29, 0.717) is 48.2 Å². The zero-order valence-electron chi connectivity index (χ0n) is 20.1. The molecule has 2 fully saturated rings. The fraction of sp³-hybridized carbons (Fsp3) is 0.429. The molecule has 0 bridgehead atoms. The number of nitrogens with one attached hydrogen (secondary N) is 1. The van der Waals surface area contributed by atoms with Crippen LogP contribution in [-0.2, 0) is 11.2 Å². The lowest BCUT2D eigenvalue weighted by Gasteiger charge is -2.22. The molecule has 9 heteroatoms. The Balaban J connectivity index is 0.00000252. The number of ether oxygens (including phenoxy) is 2. The van der Waals surface area contributed by atoms with Gasteiger partial charge in [-0.3, -0.25) is 14.0 Å². The van der Waals surface area contributed by atoms with Gasteiger partial charge in [-0.15, -0.1) is 0 Å². The minimum absolute atomic E-state index is 0. The maximum absolute atomic E-state index is 13.9. The summed E-state index contributed by atoms with van der Waals surface area (Å²) in [6.07, 6.45) is 8.02. The van der Waals surface area contributed by atoms with E-state index >= 15 is 0 Å². The Kier molecular flexibility index (Phi) is 5.75. The van der Waals surface area contributed by atoms with Crippen molar-refractivity contribution in [3.63, 3.8) is 0 Å². The van der Waals surface area contributed by atoms with Crippen molar-refractivity contribution >= 4 is 28.1 Å². The molecule has 0 unspecified atom stereocenters. The van der Waals surface area contributed by atoms with Gasteiger partial charge in [0, 0.05) is 37.3 Å². The van der Waals surface area contributed by atoms with Crippen LogP contribution in [0, 0.1) is 0 Å². The average molecular weight is 502 g/mol. The summed E-state index contributed by atoms with van der Waals surface area (Å²) >= 11 is 0. The number of fused-ring (bicyclic) bond motifs is 4. The molecule has 4 aromatic rings. The third-order valence-corrected chi connectivity index (χ3v) is 7.80. The lowest BCUT2D eigenvalue weighted by atomic mass is 9.98. The van der Waals surface area contributed by atoms with Crippen molar-refractivity contribution in [2.75, 3.05) is 31.8 Å². The average Bonchev–Trinajstić information content (AvgIpc) is 3.51. The molecule has 1 saturated heterocycles. The molecule has 1 aromatic carbocycles. The SMILES string of the molecule is C.COc1cc2c(cn1)N(C(=O)c1cc3[nH]c(=O)c4cnc(C5CCOCC5)n4c3cc1C1CC1)CC2. The van der Waals surface area contributed by atoms with E-state index in [2.05, 4.69) is 21.0 Å². The molecule has 7 rings (SSSR count). The number of hydrogen-bond acceptors (Lipinski definition) is 6. The van der Waals surface area contributed by atoms with Crippen molar-refractivity contribution in [1.29, 1.82) is 0 Å². The molecule has 3 aromatic heterocycles.